The van der Waals surface area contributed by atoms with Crippen molar-refractivity contribution in [2.75, 3.05) is 49.6 Å². The summed E-state index contributed by atoms with van der Waals surface area (Å²) in [6.07, 6.45) is -0.0273. The lowest BCUT2D eigenvalue weighted by atomic mass is 10.0. The molecule has 0 radical (unpaired) electrons. The lowest BCUT2D eigenvalue weighted by Gasteiger charge is -2.42. The summed E-state index contributed by atoms with van der Waals surface area (Å²) in [7, 11) is 0. The smallest absolute Gasteiger partial charge is 0.378 e. The van der Waals surface area contributed by atoms with Crippen LogP contribution in [0, 0.1) is 0 Å². The number of H-pyrrole nitrogens is 1. The molecule has 0 aromatic carbocycles. The van der Waals surface area contributed by atoms with Gasteiger partial charge in [-0.1, -0.05) is 12.8 Å². The Morgan fingerprint density at radius 1 is 1.00 bits per heavy atom. The topological polar surface area (TPSA) is 82.2 Å². The van der Waals surface area contributed by atoms with Gasteiger partial charge in [-0.25, -0.2) is 9.97 Å². The number of hydrogen-bond acceptors (Lipinski definition) is 7. The van der Waals surface area contributed by atoms with E-state index in [0.717, 1.165) is 44.8 Å². The summed E-state index contributed by atoms with van der Waals surface area (Å²) in [4.78, 5) is 11.7. The van der Waals surface area contributed by atoms with Crippen LogP contribution in [0.2, 0.25) is 0 Å². The second-order valence-corrected chi connectivity index (χ2v) is 8.46. The Morgan fingerprint density at radius 3 is 2.39 bits per heavy atom. The lowest BCUT2D eigenvalue weighted by Crippen LogP contribution is -2.56. The quantitative estimate of drug-likeness (QED) is 0.744. The summed E-state index contributed by atoms with van der Waals surface area (Å²) in [6.45, 7) is 4.22. The first-order valence-electron chi connectivity index (χ1n) is 10.8. The molecule has 2 saturated heterocycles. The van der Waals surface area contributed by atoms with Gasteiger partial charge >= 0.3 is 6.18 Å². The third kappa shape index (κ3) is 4.47. The van der Waals surface area contributed by atoms with E-state index in [2.05, 4.69) is 30.4 Å². The Labute approximate surface area is 178 Å². The largest absolute Gasteiger partial charge is 0.451 e. The van der Waals surface area contributed by atoms with Gasteiger partial charge in [-0.3, -0.25) is 10.00 Å². The fraction of sp³-hybridized carbons (Fsp3) is 0.650. The van der Waals surface area contributed by atoms with Crippen LogP contribution in [-0.4, -0.2) is 70.5 Å². The number of aromatic amines is 1. The van der Waals surface area contributed by atoms with Crippen LogP contribution in [0.5, 0.6) is 0 Å². The Kier molecular flexibility index (Phi) is 5.47. The van der Waals surface area contributed by atoms with Crippen LogP contribution in [0.25, 0.3) is 0 Å². The lowest BCUT2D eigenvalue weighted by molar-refractivity contribution is -0.144. The summed E-state index contributed by atoms with van der Waals surface area (Å²) < 4.78 is 45.6. The maximum absolute atomic E-state index is 13.5. The second-order valence-electron chi connectivity index (χ2n) is 8.46. The first-order valence-corrected chi connectivity index (χ1v) is 10.8. The molecular formula is C20H26F3N7O. The van der Waals surface area contributed by atoms with Gasteiger partial charge < -0.3 is 15.0 Å². The van der Waals surface area contributed by atoms with Crippen LogP contribution in [0.1, 0.15) is 43.1 Å². The van der Waals surface area contributed by atoms with Gasteiger partial charge in [-0.15, -0.1) is 0 Å². The molecule has 1 saturated carbocycles. The minimum atomic E-state index is -4.63. The van der Waals surface area contributed by atoms with E-state index in [0.29, 0.717) is 30.9 Å². The molecule has 2 aromatic heterocycles. The molecule has 3 aliphatic rings. The molecular weight excluding hydrogens is 411 g/mol. The minimum absolute atomic E-state index is 0.0941. The van der Waals surface area contributed by atoms with Gasteiger partial charge in [0.2, 0.25) is 5.82 Å². The average molecular weight is 437 g/mol. The average Bonchev–Trinajstić information content (AvgIpc) is 3.38. The number of alkyl halides is 3. The van der Waals surface area contributed by atoms with E-state index in [1.165, 1.54) is 12.8 Å². The van der Waals surface area contributed by atoms with Crippen LogP contribution >= 0.6 is 0 Å². The van der Waals surface area contributed by atoms with Crippen molar-refractivity contribution in [2.24, 2.45) is 0 Å². The molecule has 31 heavy (non-hydrogen) atoms. The van der Waals surface area contributed by atoms with Crippen molar-refractivity contribution in [2.45, 2.75) is 43.8 Å². The molecule has 0 spiro atoms. The predicted octanol–water partition coefficient (Wildman–Crippen LogP) is 3.14. The van der Waals surface area contributed by atoms with Crippen molar-refractivity contribution in [3.05, 3.63) is 23.7 Å². The molecule has 0 unspecified atom stereocenters. The van der Waals surface area contributed by atoms with Crippen LogP contribution in [-0.2, 0) is 10.9 Å². The molecule has 2 aromatic rings. The van der Waals surface area contributed by atoms with E-state index in [4.69, 9.17) is 4.74 Å². The first kappa shape index (κ1) is 20.5. The Balaban J connectivity index is 1.33. The molecule has 2 N–H and O–H groups in total. The molecule has 0 bridgehead atoms. The number of anilines is 3. The van der Waals surface area contributed by atoms with Crippen molar-refractivity contribution in [3.8, 4) is 0 Å². The predicted molar refractivity (Wildman–Crippen MR) is 109 cm³/mol. The van der Waals surface area contributed by atoms with Crippen LogP contribution < -0.4 is 10.2 Å². The molecule has 2 aliphatic heterocycles. The zero-order chi connectivity index (χ0) is 21.4. The maximum Gasteiger partial charge on any atom is 0.451 e. The van der Waals surface area contributed by atoms with E-state index in [-0.39, 0.29) is 11.6 Å². The normalized spacial score (nSPS) is 21.5. The Bertz CT molecular complexity index is 900. The van der Waals surface area contributed by atoms with Gasteiger partial charge in [0.15, 0.2) is 5.82 Å². The molecule has 8 nitrogen and oxygen atoms in total. The van der Waals surface area contributed by atoms with E-state index >= 15 is 0 Å². The first-order chi connectivity index (χ1) is 15.0. The summed E-state index contributed by atoms with van der Waals surface area (Å²) in [5.74, 6) is 0.132. The molecule has 168 valence electrons. The third-order valence-electron chi connectivity index (χ3n) is 6.39. The standard InChI is InChI=1S/C20H26F3N7O/c21-20(22,23)19-25-16(24-17-9-15(27-28-17)13-3-1-2-4-13)10-18(26-19)30-7-5-29(6-8-30)14-11-31-12-14/h9-10,13-14H,1-8,11-12H2,(H2,24,25,26,27,28). The summed E-state index contributed by atoms with van der Waals surface area (Å²) in [5, 5.41) is 10.2. The number of rotatable bonds is 5. The third-order valence-corrected chi connectivity index (χ3v) is 6.39. The Hall–Kier alpha value is -2.40. The zero-order valence-corrected chi connectivity index (χ0v) is 17.2. The minimum Gasteiger partial charge on any atom is -0.378 e. The van der Waals surface area contributed by atoms with Crippen LogP contribution in [0.15, 0.2) is 12.1 Å². The second kappa shape index (κ2) is 8.27. The van der Waals surface area contributed by atoms with Gasteiger partial charge in [0.1, 0.15) is 11.6 Å². The zero-order valence-electron chi connectivity index (χ0n) is 17.2. The fourth-order valence-corrected chi connectivity index (χ4v) is 4.52. The molecule has 3 fully saturated rings. The summed E-state index contributed by atoms with van der Waals surface area (Å²) >= 11 is 0. The number of piperazine rings is 1. The number of aromatic nitrogens is 4. The van der Waals surface area contributed by atoms with E-state index in [1.807, 2.05) is 11.0 Å². The molecule has 0 amide bonds. The van der Waals surface area contributed by atoms with Crippen molar-refractivity contribution >= 4 is 17.5 Å². The van der Waals surface area contributed by atoms with Crippen LogP contribution in [0.3, 0.4) is 0 Å². The number of hydrogen-bond donors (Lipinski definition) is 2. The van der Waals surface area contributed by atoms with Gasteiger partial charge in [0.05, 0.1) is 19.3 Å². The van der Waals surface area contributed by atoms with Crippen molar-refractivity contribution in [1.29, 1.82) is 0 Å². The monoisotopic (exact) mass is 437 g/mol. The van der Waals surface area contributed by atoms with Crippen molar-refractivity contribution in [1.82, 2.24) is 25.1 Å². The van der Waals surface area contributed by atoms with Gasteiger partial charge in [-0.2, -0.15) is 18.3 Å². The van der Waals surface area contributed by atoms with E-state index in [9.17, 15) is 13.2 Å². The van der Waals surface area contributed by atoms with Gasteiger partial charge in [-0.05, 0) is 12.8 Å². The molecule has 4 heterocycles. The highest BCUT2D eigenvalue weighted by Gasteiger charge is 2.36. The molecule has 1 aliphatic carbocycles. The molecule has 0 atom stereocenters. The SMILES string of the molecule is FC(F)(F)c1nc(Nc2cc(C3CCCC3)[nH]n2)cc(N2CCN(C3COC3)CC2)n1. The highest BCUT2D eigenvalue weighted by atomic mass is 19.4. The maximum atomic E-state index is 13.5. The van der Waals surface area contributed by atoms with E-state index in [1.54, 1.807) is 6.07 Å². The number of ether oxygens (including phenoxy) is 1. The number of nitrogens with one attached hydrogen (secondary N) is 2. The number of nitrogens with zero attached hydrogens (tertiary/aromatic N) is 5. The number of halogens is 3. The molecule has 5 rings (SSSR count). The highest BCUT2D eigenvalue weighted by molar-refractivity contribution is 5.57. The Morgan fingerprint density at radius 2 is 1.74 bits per heavy atom. The fourth-order valence-electron chi connectivity index (χ4n) is 4.52. The van der Waals surface area contributed by atoms with Crippen molar-refractivity contribution in [3.63, 3.8) is 0 Å². The van der Waals surface area contributed by atoms with E-state index < -0.39 is 12.0 Å². The van der Waals surface area contributed by atoms with Crippen molar-refractivity contribution < 1.29 is 17.9 Å². The van der Waals surface area contributed by atoms with Crippen LogP contribution in [0.4, 0.5) is 30.6 Å². The van der Waals surface area contributed by atoms with Gasteiger partial charge in [0, 0.05) is 49.9 Å². The highest BCUT2D eigenvalue weighted by Crippen LogP contribution is 2.34. The summed E-state index contributed by atoms with van der Waals surface area (Å²) in [6, 6.07) is 3.86. The van der Waals surface area contributed by atoms with Gasteiger partial charge in [0.25, 0.3) is 0 Å². The molecule has 11 heteroatoms. The summed E-state index contributed by atoms with van der Waals surface area (Å²) in [5.41, 5.74) is 1.02.